The first kappa shape index (κ1) is 28.6. The SMILES string of the molecule is COCCOCOCc1cc2c(cc1OC)C1=C(CO2)C(CN2CCN(CC(C)=Cc3ccccc3)CC2)ON1. The van der Waals surface area contributed by atoms with Crippen molar-refractivity contribution in [3.05, 3.63) is 70.3 Å². The zero-order valence-corrected chi connectivity index (χ0v) is 23.8. The van der Waals surface area contributed by atoms with E-state index in [2.05, 4.69) is 58.6 Å². The van der Waals surface area contributed by atoms with E-state index < -0.39 is 0 Å². The molecule has 0 aromatic heterocycles. The summed E-state index contributed by atoms with van der Waals surface area (Å²) >= 11 is 0. The average Bonchev–Trinajstić information content (AvgIpc) is 3.39. The molecule has 9 heteroatoms. The van der Waals surface area contributed by atoms with E-state index in [9.17, 15) is 0 Å². The molecule has 1 fully saturated rings. The number of benzene rings is 2. The number of nitrogens with one attached hydrogen (secondary N) is 1. The Labute approximate surface area is 237 Å². The molecule has 1 N–H and O–H groups in total. The molecule has 0 amide bonds. The summed E-state index contributed by atoms with van der Waals surface area (Å²) < 4.78 is 27.9. The van der Waals surface area contributed by atoms with E-state index in [4.69, 9.17) is 28.5 Å². The van der Waals surface area contributed by atoms with Gasteiger partial charge in [0.25, 0.3) is 0 Å². The Hall–Kier alpha value is -2.92. The van der Waals surface area contributed by atoms with Gasteiger partial charge >= 0.3 is 0 Å². The first-order valence-corrected chi connectivity index (χ1v) is 13.9. The normalized spacial score (nSPS) is 19.7. The van der Waals surface area contributed by atoms with Crippen molar-refractivity contribution in [3.8, 4) is 11.5 Å². The lowest BCUT2D eigenvalue weighted by Crippen LogP contribution is -2.49. The van der Waals surface area contributed by atoms with Crippen LogP contribution in [0.1, 0.15) is 23.6 Å². The van der Waals surface area contributed by atoms with Gasteiger partial charge in [-0.3, -0.25) is 20.1 Å². The maximum Gasteiger partial charge on any atom is 0.147 e. The van der Waals surface area contributed by atoms with Crippen molar-refractivity contribution >= 4 is 11.8 Å². The molecule has 0 aliphatic carbocycles. The molecule has 1 unspecified atom stereocenters. The van der Waals surface area contributed by atoms with Crippen molar-refractivity contribution in [3.63, 3.8) is 0 Å². The van der Waals surface area contributed by atoms with E-state index in [1.807, 2.05) is 12.1 Å². The molecule has 2 aromatic carbocycles. The van der Waals surface area contributed by atoms with Crippen molar-refractivity contribution < 1.29 is 28.5 Å². The van der Waals surface area contributed by atoms with Crippen LogP contribution in [0.4, 0.5) is 0 Å². The fourth-order valence-corrected chi connectivity index (χ4v) is 5.35. The minimum Gasteiger partial charge on any atom is -0.496 e. The molecule has 3 aliphatic rings. The van der Waals surface area contributed by atoms with Crippen LogP contribution >= 0.6 is 0 Å². The highest BCUT2D eigenvalue weighted by molar-refractivity contribution is 5.76. The number of fused-ring (bicyclic) bond motifs is 2. The van der Waals surface area contributed by atoms with Crippen LogP contribution in [0.5, 0.6) is 11.5 Å². The number of methoxy groups -OCH3 is 2. The Morgan fingerprint density at radius 3 is 2.60 bits per heavy atom. The molecule has 216 valence electrons. The molecular formula is C31H41N3O6. The first-order valence-electron chi connectivity index (χ1n) is 13.9. The average molecular weight is 552 g/mol. The lowest BCUT2D eigenvalue weighted by molar-refractivity contribution is -0.0728. The van der Waals surface area contributed by atoms with E-state index in [0.717, 1.165) is 73.2 Å². The largest absolute Gasteiger partial charge is 0.496 e. The zero-order chi connectivity index (χ0) is 27.7. The molecule has 3 heterocycles. The molecule has 5 rings (SSSR count). The molecule has 1 atom stereocenters. The van der Waals surface area contributed by atoms with E-state index in [1.54, 1.807) is 14.2 Å². The minimum atomic E-state index is -0.0485. The molecule has 9 nitrogen and oxygen atoms in total. The topological polar surface area (TPSA) is 73.9 Å². The van der Waals surface area contributed by atoms with Gasteiger partial charge in [-0.05, 0) is 24.6 Å². The molecule has 0 spiro atoms. The summed E-state index contributed by atoms with van der Waals surface area (Å²) in [6.45, 7) is 10.3. The predicted octanol–water partition coefficient (Wildman–Crippen LogP) is 3.56. The molecule has 0 radical (unpaired) electrons. The summed E-state index contributed by atoms with van der Waals surface area (Å²) in [6.07, 6.45) is 2.23. The van der Waals surface area contributed by atoms with Gasteiger partial charge in [0.05, 0.1) is 32.6 Å². The highest BCUT2D eigenvalue weighted by Gasteiger charge is 2.35. The van der Waals surface area contributed by atoms with Crippen molar-refractivity contribution in [2.24, 2.45) is 0 Å². The summed E-state index contributed by atoms with van der Waals surface area (Å²) in [5, 5.41) is 0. The van der Waals surface area contributed by atoms with Gasteiger partial charge in [0.2, 0.25) is 0 Å². The van der Waals surface area contributed by atoms with E-state index in [-0.39, 0.29) is 12.9 Å². The summed E-state index contributed by atoms with van der Waals surface area (Å²) in [5.41, 5.74) is 9.83. The molecular weight excluding hydrogens is 510 g/mol. The van der Waals surface area contributed by atoms with Gasteiger partial charge in [-0.2, -0.15) is 0 Å². The second-order valence-electron chi connectivity index (χ2n) is 10.4. The van der Waals surface area contributed by atoms with E-state index in [1.165, 1.54) is 11.1 Å². The van der Waals surface area contributed by atoms with Crippen molar-refractivity contribution in [2.45, 2.75) is 19.6 Å². The van der Waals surface area contributed by atoms with Gasteiger partial charge in [0.15, 0.2) is 0 Å². The van der Waals surface area contributed by atoms with Gasteiger partial charge in [0.1, 0.15) is 31.0 Å². The smallest absolute Gasteiger partial charge is 0.147 e. The van der Waals surface area contributed by atoms with Gasteiger partial charge in [-0.1, -0.05) is 42.0 Å². The lowest BCUT2D eigenvalue weighted by atomic mass is 9.98. The molecule has 1 saturated heterocycles. The van der Waals surface area contributed by atoms with Crippen LogP contribution in [-0.2, 0) is 25.7 Å². The quantitative estimate of drug-likeness (QED) is 0.297. The number of hydroxylamine groups is 1. The third kappa shape index (κ3) is 7.23. The van der Waals surface area contributed by atoms with Crippen LogP contribution < -0.4 is 15.0 Å². The molecule has 0 saturated carbocycles. The molecule has 3 aliphatic heterocycles. The number of rotatable bonds is 13. The second kappa shape index (κ2) is 14.1. The van der Waals surface area contributed by atoms with Gasteiger partial charge in [0, 0.05) is 63.1 Å². The fraction of sp³-hybridized carbons (Fsp3) is 0.484. The van der Waals surface area contributed by atoms with Crippen molar-refractivity contribution in [2.75, 3.05) is 80.1 Å². The first-order chi connectivity index (χ1) is 19.6. The standard InChI is InChI=1S/C31H41N3O6/c1-23(15-24-7-5-4-6-8-24)18-33-9-11-34(12-10-33)19-30-27-21-39-29-16-25(20-38-22-37-14-13-35-2)28(36-3)17-26(29)31(27)32-40-30/h4-8,15-17,30,32H,9-14,18-22H2,1-3H3. The van der Waals surface area contributed by atoms with Crippen LogP contribution in [0.25, 0.3) is 11.8 Å². The van der Waals surface area contributed by atoms with Crippen molar-refractivity contribution in [1.82, 2.24) is 15.3 Å². The van der Waals surface area contributed by atoms with Gasteiger partial charge in [-0.15, -0.1) is 0 Å². The van der Waals surface area contributed by atoms with Gasteiger partial charge in [-0.25, -0.2) is 0 Å². The molecule has 40 heavy (non-hydrogen) atoms. The Balaban J connectivity index is 1.14. The highest BCUT2D eigenvalue weighted by atomic mass is 16.7. The van der Waals surface area contributed by atoms with Crippen LogP contribution in [0, 0.1) is 0 Å². The van der Waals surface area contributed by atoms with Crippen LogP contribution in [0.2, 0.25) is 0 Å². The number of hydrogen-bond donors (Lipinski definition) is 1. The number of nitrogens with zero attached hydrogens (tertiary/aromatic N) is 2. The Morgan fingerprint density at radius 1 is 1.02 bits per heavy atom. The molecule has 0 bridgehead atoms. The van der Waals surface area contributed by atoms with Crippen molar-refractivity contribution in [1.29, 1.82) is 0 Å². The summed E-state index contributed by atoms with van der Waals surface area (Å²) in [7, 11) is 3.31. The number of hydrogen-bond acceptors (Lipinski definition) is 9. The summed E-state index contributed by atoms with van der Waals surface area (Å²) in [4.78, 5) is 11.1. The van der Waals surface area contributed by atoms with Crippen LogP contribution in [-0.4, -0.2) is 96.0 Å². The predicted molar refractivity (Wildman–Crippen MR) is 154 cm³/mol. The monoisotopic (exact) mass is 551 g/mol. The maximum atomic E-state index is 6.20. The maximum absolute atomic E-state index is 6.20. The summed E-state index contributed by atoms with van der Waals surface area (Å²) in [6, 6.07) is 14.5. The third-order valence-electron chi connectivity index (χ3n) is 7.48. The van der Waals surface area contributed by atoms with E-state index >= 15 is 0 Å². The Kier molecular flexibility index (Phi) is 10.1. The third-order valence-corrected chi connectivity index (χ3v) is 7.48. The number of piperazine rings is 1. The number of ether oxygens (including phenoxy) is 5. The van der Waals surface area contributed by atoms with Gasteiger partial charge < -0.3 is 23.7 Å². The zero-order valence-electron chi connectivity index (χ0n) is 23.8. The lowest BCUT2D eigenvalue weighted by Gasteiger charge is -2.36. The molecule has 2 aromatic rings. The highest BCUT2D eigenvalue weighted by Crippen LogP contribution is 2.40. The van der Waals surface area contributed by atoms with Crippen LogP contribution in [0.15, 0.2) is 53.6 Å². The Morgan fingerprint density at radius 2 is 1.82 bits per heavy atom. The van der Waals surface area contributed by atoms with E-state index in [0.29, 0.717) is 26.4 Å². The van der Waals surface area contributed by atoms with Crippen LogP contribution in [0.3, 0.4) is 0 Å². The summed E-state index contributed by atoms with van der Waals surface area (Å²) in [5.74, 6) is 1.54. The minimum absolute atomic E-state index is 0.0485. The fourth-order valence-electron chi connectivity index (χ4n) is 5.35. The Bertz CT molecular complexity index is 1180. The second-order valence-corrected chi connectivity index (χ2v) is 10.4.